The predicted octanol–water partition coefficient (Wildman–Crippen LogP) is 1.70. The zero-order chi connectivity index (χ0) is 9.19. The number of halogens is 2. The van der Waals surface area contributed by atoms with Gasteiger partial charge in [-0.2, -0.15) is 0 Å². The van der Waals surface area contributed by atoms with Gasteiger partial charge in [-0.25, -0.2) is 8.78 Å². The molecule has 0 aromatic heterocycles. The van der Waals surface area contributed by atoms with Gasteiger partial charge in [-0.05, 0) is 12.8 Å². The molecule has 4 heteroatoms. The van der Waals surface area contributed by atoms with Gasteiger partial charge in [-0.1, -0.05) is 0 Å². The van der Waals surface area contributed by atoms with Crippen LogP contribution < -0.4 is 5.32 Å². The Kier molecular flexibility index (Phi) is 2.65. The molecule has 0 radical (unpaired) electrons. The SMILES string of the molecule is CC(=O)NC1CCC(F)(F)CC1. The Hall–Kier alpha value is -0.670. The quantitative estimate of drug-likeness (QED) is 0.649. The van der Waals surface area contributed by atoms with Crippen LogP contribution >= 0.6 is 0 Å². The van der Waals surface area contributed by atoms with Gasteiger partial charge in [-0.15, -0.1) is 0 Å². The Bertz CT molecular complexity index is 172. The summed E-state index contributed by atoms with van der Waals surface area (Å²) in [6, 6.07) is -0.0397. The van der Waals surface area contributed by atoms with Crippen LogP contribution in [0.15, 0.2) is 0 Å². The second-order valence-electron chi connectivity index (χ2n) is 3.33. The van der Waals surface area contributed by atoms with Crippen LogP contribution in [0.3, 0.4) is 0 Å². The molecule has 1 fully saturated rings. The summed E-state index contributed by atoms with van der Waals surface area (Å²) in [5.41, 5.74) is 0. The molecule has 1 aliphatic carbocycles. The number of alkyl halides is 2. The molecule has 12 heavy (non-hydrogen) atoms. The number of amides is 1. The number of carbonyl (C=O) groups is 1. The van der Waals surface area contributed by atoms with Crippen molar-refractivity contribution in [3.8, 4) is 0 Å². The largest absolute Gasteiger partial charge is 0.354 e. The zero-order valence-electron chi connectivity index (χ0n) is 7.07. The van der Waals surface area contributed by atoms with Gasteiger partial charge in [0.25, 0.3) is 0 Å². The molecule has 0 saturated heterocycles. The molecule has 0 atom stereocenters. The maximum atomic E-state index is 12.6. The van der Waals surface area contributed by atoms with Gasteiger partial charge in [0.2, 0.25) is 11.8 Å². The number of nitrogens with one attached hydrogen (secondary N) is 1. The fourth-order valence-electron chi connectivity index (χ4n) is 1.47. The normalized spacial score (nSPS) is 23.6. The van der Waals surface area contributed by atoms with E-state index in [4.69, 9.17) is 0 Å². The molecule has 1 amide bonds. The first-order valence-corrected chi connectivity index (χ1v) is 4.14. The van der Waals surface area contributed by atoms with Crippen molar-refractivity contribution in [2.45, 2.75) is 44.6 Å². The van der Waals surface area contributed by atoms with Gasteiger partial charge in [-0.3, -0.25) is 4.79 Å². The number of hydrogen-bond donors (Lipinski definition) is 1. The Morgan fingerprint density at radius 2 is 1.92 bits per heavy atom. The summed E-state index contributed by atoms with van der Waals surface area (Å²) in [6.07, 6.45) is 0.592. The van der Waals surface area contributed by atoms with E-state index in [1.807, 2.05) is 0 Å². The fraction of sp³-hybridized carbons (Fsp3) is 0.875. The van der Waals surface area contributed by atoms with Crippen molar-refractivity contribution in [3.05, 3.63) is 0 Å². The second kappa shape index (κ2) is 3.37. The van der Waals surface area contributed by atoms with E-state index in [0.29, 0.717) is 12.8 Å². The first-order chi connectivity index (χ1) is 5.49. The number of hydrogen-bond acceptors (Lipinski definition) is 1. The maximum Gasteiger partial charge on any atom is 0.248 e. The summed E-state index contributed by atoms with van der Waals surface area (Å²) in [4.78, 5) is 10.6. The fourth-order valence-corrected chi connectivity index (χ4v) is 1.47. The van der Waals surface area contributed by atoms with Crippen molar-refractivity contribution in [1.29, 1.82) is 0 Å². The summed E-state index contributed by atoms with van der Waals surface area (Å²) in [5, 5.41) is 2.65. The van der Waals surface area contributed by atoms with Crippen LogP contribution in [0.2, 0.25) is 0 Å². The molecule has 0 aliphatic heterocycles. The molecule has 0 aromatic carbocycles. The average Bonchev–Trinajstić information content (AvgIpc) is 1.93. The molecule has 1 rings (SSSR count). The highest BCUT2D eigenvalue weighted by molar-refractivity contribution is 5.73. The van der Waals surface area contributed by atoms with Crippen LogP contribution in [0.4, 0.5) is 8.78 Å². The summed E-state index contributed by atoms with van der Waals surface area (Å²) < 4.78 is 25.2. The highest BCUT2D eigenvalue weighted by Crippen LogP contribution is 2.32. The van der Waals surface area contributed by atoms with Gasteiger partial charge in [0, 0.05) is 25.8 Å². The van der Waals surface area contributed by atoms with E-state index in [1.54, 1.807) is 0 Å². The number of rotatable bonds is 1. The first-order valence-electron chi connectivity index (χ1n) is 4.14. The molecule has 1 N–H and O–H groups in total. The van der Waals surface area contributed by atoms with E-state index in [-0.39, 0.29) is 24.8 Å². The molecule has 1 aliphatic rings. The summed E-state index contributed by atoms with van der Waals surface area (Å²) >= 11 is 0. The molecule has 0 aromatic rings. The molecular weight excluding hydrogens is 164 g/mol. The highest BCUT2D eigenvalue weighted by Gasteiger charge is 2.34. The summed E-state index contributed by atoms with van der Waals surface area (Å²) in [5.74, 6) is -2.64. The molecule has 0 bridgehead atoms. The van der Waals surface area contributed by atoms with Crippen molar-refractivity contribution < 1.29 is 13.6 Å². The standard InChI is InChI=1S/C8H13F2NO/c1-6(12)11-7-2-4-8(9,10)5-3-7/h7H,2-5H2,1H3,(H,11,12). The highest BCUT2D eigenvalue weighted by atomic mass is 19.3. The average molecular weight is 177 g/mol. The smallest absolute Gasteiger partial charge is 0.248 e. The lowest BCUT2D eigenvalue weighted by molar-refractivity contribution is -0.120. The van der Waals surface area contributed by atoms with E-state index >= 15 is 0 Å². The minimum atomic E-state index is -2.50. The van der Waals surface area contributed by atoms with E-state index in [2.05, 4.69) is 5.32 Å². The van der Waals surface area contributed by atoms with E-state index in [9.17, 15) is 13.6 Å². The predicted molar refractivity (Wildman–Crippen MR) is 41.0 cm³/mol. The molecule has 1 saturated carbocycles. The first kappa shape index (κ1) is 9.42. The Morgan fingerprint density at radius 3 is 2.33 bits per heavy atom. The Labute approximate surface area is 70.3 Å². The van der Waals surface area contributed by atoms with Crippen LogP contribution in [0, 0.1) is 0 Å². The molecule has 0 spiro atoms. The maximum absolute atomic E-state index is 12.6. The third-order valence-corrected chi connectivity index (χ3v) is 2.12. The molecular formula is C8H13F2NO. The van der Waals surface area contributed by atoms with Crippen LogP contribution in [0.25, 0.3) is 0 Å². The van der Waals surface area contributed by atoms with Crippen LogP contribution in [-0.2, 0) is 4.79 Å². The van der Waals surface area contributed by atoms with Crippen LogP contribution in [0.1, 0.15) is 32.6 Å². The van der Waals surface area contributed by atoms with Crippen molar-refractivity contribution >= 4 is 5.91 Å². The van der Waals surface area contributed by atoms with Gasteiger partial charge in [0.15, 0.2) is 0 Å². The minimum absolute atomic E-state index is 0.0397. The molecule has 0 heterocycles. The minimum Gasteiger partial charge on any atom is -0.354 e. The van der Waals surface area contributed by atoms with Gasteiger partial charge in [0.05, 0.1) is 0 Å². The Morgan fingerprint density at radius 1 is 1.42 bits per heavy atom. The monoisotopic (exact) mass is 177 g/mol. The van der Waals surface area contributed by atoms with Crippen molar-refractivity contribution in [1.82, 2.24) is 5.32 Å². The summed E-state index contributed by atoms with van der Waals surface area (Å²) in [7, 11) is 0. The van der Waals surface area contributed by atoms with Gasteiger partial charge >= 0.3 is 0 Å². The zero-order valence-corrected chi connectivity index (χ0v) is 7.07. The lowest BCUT2D eigenvalue weighted by Crippen LogP contribution is -2.39. The third-order valence-electron chi connectivity index (χ3n) is 2.12. The van der Waals surface area contributed by atoms with Crippen molar-refractivity contribution in [3.63, 3.8) is 0 Å². The lowest BCUT2D eigenvalue weighted by atomic mass is 9.92. The van der Waals surface area contributed by atoms with Gasteiger partial charge in [0.1, 0.15) is 0 Å². The van der Waals surface area contributed by atoms with Gasteiger partial charge < -0.3 is 5.32 Å². The van der Waals surface area contributed by atoms with E-state index < -0.39 is 5.92 Å². The molecule has 70 valence electrons. The molecule has 2 nitrogen and oxygen atoms in total. The van der Waals surface area contributed by atoms with Crippen LogP contribution in [0.5, 0.6) is 0 Å². The van der Waals surface area contributed by atoms with Crippen LogP contribution in [-0.4, -0.2) is 17.9 Å². The van der Waals surface area contributed by atoms with Crippen molar-refractivity contribution in [2.75, 3.05) is 0 Å². The third kappa shape index (κ3) is 2.75. The topological polar surface area (TPSA) is 29.1 Å². The number of carbonyl (C=O) groups excluding carboxylic acids is 1. The second-order valence-corrected chi connectivity index (χ2v) is 3.33. The van der Waals surface area contributed by atoms with E-state index in [0.717, 1.165) is 0 Å². The lowest BCUT2D eigenvalue weighted by Gasteiger charge is -2.28. The summed E-state index contributed by atoms with van der Waals surface area (Å²) in [6.45, 7) is 1.41. The Balaban J connectivity index is 2.31. The van der Waals surface area contributed by atoms with E-state index in [1.165, 1.54) is 6.92 Å². The van der Waals surface area contributed by atoms with Crippen molar-refractivity contribution in [2.24, 2.45) is 0 Å². The molecule has 0 unspecified atom stereocenters.